The predicted octanol–water partition coefficient (Wildman–Crippen LogP) is 3.91. The van der Waals surface area contributed by atoms with Gasteiger partial charge in [-0.15, -0.1) is 11.3 Å². The van der Waals surface area contributed by atoms with E-state index >= 15 is 0 Å². The molecule has 1 aliphatic carbocycles. The standard InChI is InChI=1S/C15H14O2S/c16-15(17)13-9-11-7-4-8-12(14(11)18-13)10-5-2-1-3-6-10/h1-3,5-6,9,12H,4,7-8H2,(H,16,17). The maximum atomic E-state index is 11.1. The summed E-state index contributed by atoms with van der Waals surface area (Å²) in [7, 11) is 0. The Hall–Kier alpha value is -1.61. The molecule has 18 heavy (non-hydrogen) atoms. The number of carbonyl (C=O) groups is 1. The van der Waals surface area contributed by atoms with Crippen LogP contribution in [0.4, 0.5) is 0 Å². The lowest BCUT2D eigenvalue weighted by atomic mass is 9.84. The van der Waals surface area contributed by atoms with Gasteiger partial charge in [0, 0.05) is 10.8 Å². The van der Waals surface area contributed by atoms with Gasteiger partial charge >= 0.3 is 5.97 Å². The highest BCUT2D eigenvalue weighted by atomic mass is 32.1. The topological polar surface area (TPSA) is 37.3 Å². The van der Waals surface area contributed by atoms with Crippen LogP contribution < -0.4 is 0 Å². The van der Waals surface area contributed by atoms with Gasteiger partial charge in [-0.05, 0) is 36.5 Å². The van der Waals surface area contributed by atoms with Crippen LogP contribution in [0.15, 0.2) is 36.4 Å². The maximum absolute atomic E-state index is 11.1. The highest BCUT2D eigenvalue weighted by molar-refractivity contribution is 7.14. The molecular formula is C15H14O2S. The van der Waals surface area contributed by atoms with Crippen molar-refractivity contribution in [2.24, 2.45) is 0 Å². The van der Waals surface area contributed by atoms with E-state index in [2.05, 4.69) is 24.3 Å². The van der Waals surface area contributed by atoms with E-state index in [4.69, 9.17) is 5.11 Å². The molecule has 0 saturated carbocycles. The molecule has 1 aliphatic rings. The van der Waals surface area contributed by atoms with Crippen LogP contribution in [0.5, 0.6) is 0 Å². The van der Waals surface area contributed by atoms with Crippen LogP contribution in [-0.4, -0.2) is 11.1 Å². The normalized spacial score (nSPS) is 18.3. The van der Waals surface area contributed by atoms with Crippen LogP contribution in [0.3, 0.4) is 0 Å². The summed E-state index contributed by atoms with van der Waals surface area (Å²) in [6.07, 6.45) is 3.28. The fourth-order valence-corrected chi connectivity index (χ4v) is 3.88. The van der Waals surface area contributed by atoms with Gasteiger partial charge in [0.2, 0.25) is 0 Å². The molecule has 1 heterocycles. The summed E-state index contributed by atoms with van der Waals surface area (Å²) in [6, 6.07) is 12.3. The molecule has 1 atom stereocenters. The molecule has 2 aromatic rings. The SMILES string of the molecule is O=C(O)c1cc2c(s1)C(c1ccccc1)CCC2. The van der Waals surface area contributed by atoms with Crippen molar-refractivity contribution in [3.05, 3.63) is 57.3 Å². The van der Waals surface area contributed by atoms with Gasteiger partial charge in [-0.3, -0.25) is 0 Å². The predicted molar refractivity (Wildman–Crippen MR) is 72.5 cm³/mol. The van der Waals surface area contributed by atoms with Crippen LogP contribution in [0, 0.1) is 0 Å². The number of aromatic carboxylic acids is 1. The first-order valence-electron chi connectivity index (χ1n) is 6.16. The van der Waals surface area contributed by atoms with E-state index in [1.54, 1.807) is 0 Å². The molecule has 0 amide bonds. The van der Waals surface area contributed by atoms with E-state index in [1.807, 2.05) is 12.1 Å². The molecule has 0 saturated heterocycles. The zero-order valence-corrected chi connectivity index (χ0v) is 10.7. The van der Waals surface area contributed by atoms with E-state index < -0.39 is 5.97 Å². The molecule has 1 aromatic carbocycles. The number of rotatable bonds is 2. The first kappa shape index (κ1) is 11.5. The van der Waals surface area contributed by atoms with Crippen molar-refractivity contribution in [1.29, 1.82) is 0 Å². The van der Waals surface area contributed by atoms with Gasteiger partial charge in [-0.2, -0.15) is 0 Å². The third-order valence-electron chi connectivity index (χ3n) is 3.51. The van der Waals surface area contributed by atoms with Crippen molar-refractivity contribution in [2.75, 3.05) is 0 Å². The van der Waals surface area contributed by atoms with Crippen molar-refractivity contribution < 1.29 is 9.90 Å². The molecule has 1 aromatic heterocycles. The minimum Gasteiger partial charge on any atom is -0.477 e. The van der Waals surface area contributed by atoms with Gasteiger partial charge in [-0.25, -0.2) is 4.79 Å². The van der Waals surface area contributed by atoms with E-state index in [1.165, 1.54) is 27.3 Å². The van der Waals surface area contributed by atoms with Crippen molar-refractivity contribution in [2.45, 2.75) is 25.2 Å². The Balaban J connectivity index is 2.04. The molecule has 0 spiro atoms. The third-order valence-corrected chi connectivity index (χ3v) is 4.79. The zero-order chi connectivity index (χ0) is 12.5. The maximum Gasteiger partial charge on any atom is 0.345 e. The zero-order valence-electron chi connectivity index (χ0n) is 9.93. The van der Waals surface area contributed by atoms with Crippen LogP contribution in [-0.2, 0) is 6.42 Å². The number of carboxylic acids is 1. The molecular weight excluding hydrogens is 244 g/mol. The Kier molecular flexibility index (Phi) is 2.92. The lowest BCUT2D eigenvalue weighted by Gasteiger charge is -2.22. The summed E-state index contributed by atoms with van der Waals surface area (Å²) in [5.41, 5.74) is 2.54. The quantitative estimate of drug-likeness (QED) is 0.886. The Bertz CT molecular complexity index is 571. The van der Waals surface area contributed by atoms with Gasteiger partial charge in [0.15, 0.2) is 0 Å². The summed E-state index contributed by atoms with van der Waals surface area (Å²) < 4.78 is 0. The second kappa shape index (κ2) is 4.58. The highest BCUT2D eigenvalue weighted by Gasteiger charge is 2.25. The lowest BCUT2D eigenvalue weighted by Crippen LogP contribution is -2.07. The molecule has 3 heteroatoms. The van der Waals surface area contributed by atoms with Crippen LogP contribution in [0.1, 0.15) is 44.4 Å². The number of carboxylic acid groups (broad SMARTS) is 1. The summed E-state index contributed by atoms with van der Waals surface area (Å²) in [6.45, 7) is 0. The first-order chi connectivity index (χ1) is 8.75. The smallest absolute Gasteiger partial charge is 0.345 e. The molecule has 3 rings (SSSR count). The fraction of sp³-hybridized carbons (Fsp3) is 0.267. The van der Waals surface area contributed by atoms with E-state index in [-0.39, 0.29) is 0 Å². The van der Waals surface area contributed by atoms with Gasteiger partial charge in [0.25, 0.3) is 0 Å². The van der Waals surface area contributed by atoms with E-state index in [0.717, 1.165) is 19.3 Å². The van der Waals surface area contributed by atoms with Gasteiger partial charge in [-0.1, -0.05) is 30.3 Å². The van der Waals surface area contributed by atoms with E-state index in [9.17, 15) is 4.79 Å². The Morgan fingerprint density at radius 1 is 1.28 bits per heavy atom. The highest BCUT2D eigenvalue weighted by Crippen LogP contribution is 2.41. The average Bonchev–Trinajstić information content (AvgIpc) is 2.83. The number of thiophene rings is 1. The molecule has 0 bridgehead atoms. The van der Waals surface area contributed by atoms with Crippen molar-refractivity contribution >= 4 is 17.3 Å². The largest absolute Gasteiger partial charge is 0.477 e. The van der Waals surface area contributed by atoms with Crippen LogP contribution in [0.2, 0.25) is 0 Å². The molecule has 1 N–H and O–H groups in total. The third kappa shape index (κ3) is 1.95. The number of hydrogen-bond acceptors (Lipinski definition) is 2. The summed E-state index contributed by atoms with van der Waals surface area (Å²) in [4.78, 5) is 12.8. The van der Waals surface area contributed by atoms with Gasteiger partial charge in [0.1, 0.15) is 4.88 Å². The summed E-state index contributed by atoms with van der Waals surface area (Å²) >= 11 is 1.45. The van der Waals surface area contributed by atoms with Crippen LogP contribution in [0.25, 0.3) is 0 Å². The number of hydrogen-bond donors (Lipinski definition) is 1. The van der Waals surface area contributed by atoms with Crippen LogP contribution >= 0.6 is 11.3 Å². The summed E-state index contributed by atoms with van der Waals surface area (Å²) in [5, 5.41) is 9.10. The Morgan fingerprint density at radius 2 is 2.06 bits per heavy atom. The molecule has 1 unspecified atom stereocenters. The van der Waals surface area contributed by atoms with Gasteiger partial charge in [0.05, 0.1) is 0 Å². The van der Waals surface area contributed by atoms with Gasteiger partial charge < -0.3 is 5.11 Å². The second-order valence-corrected chi connectivity index (χ2v) is 5.74. The number of benzene rings is 1. The first-order valence-corrected chi connectivity index (χ1v) is 6.98. The molecule has 0 aliphatic heterocycles. The second-order valence-electron chi connectivity index (χ2n) is 4.66. The molecule has 0 radical (unpaired) electrons. The van der Waals surface area contributed by atoms with Crippen molar-refractivity contribution in [3.8, 4) is 0 Å². The number of aryl methyl sites for hydroxylation is 1. The lowest BCUT2D eigenvalue weighted by molar-refractivity contribution is 0.0702. The Labute approximate surface area is 110 Å². The minimum absolute atomic E-state index is 0.382. The molecule has 2 nitrogen and oxygen atoms in total. The Morgan fingerprint density at radius 3 is 2.78 bits per heavy atom. The molecule has 92 valence electrons. The average molecular weight is 258 g/mol. The van der Waals surface area contributed by atoms with Crippen molar-refractivity contribution in [3.63, 3.8) is 0 Å². The molecule has 0 fully saturated rings. The fourth-order valence-electron chi connectivity index (χ4n) is 2.67. The minimum atomic E-state index is -0.804. The van der Waals surface area contributed by atoms with Crippen molar-refractivity contribution in [1.82, 2.24) is 0 Å². The summed E-state index contributed by atoms with van der Waals surface area (Å²) in [5.74, 6) is -0.422. The monoisotopic (exact) mass is 258 g/mol. The van der Waals surface area contributed by atoms with E-state index in [0.29, 0.717) is 10.8 Å². The number of fused-ring (bicyclic) bond motifs is 1.